The molecule has 0 aliphatic heterocycles. The fourth-order valence-corrected chi connectivity index (χ4v) is 2.24. The zero-order valence-electron chi connectivity index (χ0n) is 15.5. The molecule has 0 fully saturated rings. The van der Waals surface area contributed by atoms with Gasteiger partial charge in [-0.05, 0) is 47.4 Å². The molecule has 26 heavy (non-hydrogen) atoms. The van der Waals surface area contributed by atoms with E-state index in [-0.39, 0.29) is 12.5 Å². The summed E-state index contributed by atoms with van der Waals surface area (Å²) < 4.78 is 15.8. The fourth-order valence-electron chi connectivity index (χ4n) is 2.24. The van der Waals surface area contributed by atoms with Gasteiger partial charge in [0.15, 0.2) is 18.1 Å². The number of benzene rings is 2. The van der Waals surface area contributed by atoms with Crippen molar-refractivity contribution in [3.05, 3.63) is 53.6 Å². The van der Waals surface area contributed by atoms with Crippen LogP contribution in [0.5, 0.6) is 17.2 Å². The molecule has 0 heterocycles. The summed E-state index contributed by atoms with van der Waals surface area (Å²) in [4.78, 5) is 11.8. The van der Waals surface area contributed by atoms with E-state index in [4.69, 9.17) is 14.2 Å². The van der Waals surface area contributed by atoms with Crippen LogP contribution in [0.25, 0.3) is 0 Å². The summed E-state index contributed by atoms with van der Waals surface area (Å²) in [5, 5.41) is 3.92. The number of rotatable bonds is 8. The lowest BCUT2D eigenvalue weighted by molar-refractivity contribution is -0.123. The van der Waals surface area contributed by atoms with Gasteiger partial charge in [0.25, 0.3) is 5.91 Å². The number of nitrogens with zero attached hydrogens (tertiary/aromatic N) is 1. The maximum Gasteiger partial charge on any atom is 0.277 e. The molecular formula is C20H24N2O4. The second-order valence-electron chi connectivity index (χ2n) is 5.92. The number of amides is 1. The van der Waals surface area contributed by atoms with Gasteiger partial charge in [0, 0.05) is 0 Å². The first-order chi connectivity index (χ1) is 12.5. The van der Waals surface area contributed by atoms with Crippen LogP contribution in [0.3, 0.4) is 0 Å². The van der Waals surface area contributed by atoms with E-state index in [0.717, 1.165) is 5.56 Å². The zero-order chi connectivity index (χ0) is 18.9. The topological polar surface area (TPSA) is 69.2 Å². The minimum absolute atomic E-state index is 0.107. The van der Waals surface area contributed by atoms with Crippen LogP contribution in [-0.2, 0) is 4.79 Å². The number of nitrogens with one attached hydrogen (secondary N) is 1. The van der Waals surface area contributed by atoms with Crippen LogP contribution >= 0.6 is 0 Å². The Balaban J connectivity index is 1.83. The quantitative estimate of drug-likeness (QED) is 0.582. The summed E-state index contributed by atoms with van der Waals surface area (Å²) in [6, 6.07) is 13.0. The first-order valence-electron chi connectivity index (χ1n) is 8.30. The van der Waals surface area contributed by atoms with E-state index in [9.17, 15) is 4.79 Å². The van der Waals surface area contributed by atoms with E-state index in [1.807, 2.05) is 30.3 Å². The normalized spacial score (nSPS) is 10.8. The van der Waals surface area contributed by atoms with E-state index >= 15 is 0 Å². The number of carbonyl (C=O) groups is 1. The Morgan fingerprint density at radius 2 is 1.77 bits per heavy atom. The molecule has 0 saturated carbocycles. The number of hydrazone groups is 1. The molecular weight excluding hydrogens is 332 g/mol. The molecule has 2 rings (SSSR count). The molecule has 0 bridgehead atoms. The monoisotopic (exact) mass is 356 g/mol. The van der Waals surface area contributed by atoms with Gasteiger partial charge in [0.05, 0.1) is 20.4 Å². The van der Waals surface area contributed by atoms with Crippen molar-refractivity contribution < 1.29 is 19.0 Å². The third-order valence-corrected chi connectivity index (χ3v) is 3.73. The number of hydrogen-bond donors (Lipinski definition) is 1. The second kappa shape index (κ2) is 9.46. The van der Waals surface area contributed by atoms with Crippen molar-refractivity contribution in [1.82, 2.24) is 5.43 Å². The number of methoxy groups -OCH3 is 2. The Kier molecular flexibility index (Phi) is 7.02. The third kappa shape index (κ3) is 5.51. The standard InChI is InChI=1S/C20H24N2O4/c1-14(2)16-6-8-17(9-7-16)26-13-20(23)22-21-12-15-5-10-18(24-3)19(11-15)25-4/h5-12,14H,13H2,1-4H3,(H,22,23). The Morgan fingerprint density at radius 3 is 2.38 bits per heavy atom. The average molecular weight is 356 g/mol. The fraction of sp³-hybridized carbons (Fsp3) is 0.300. The van der Waals surface area contributed by atoms with Crippen molar-refractivity contribution in [3.63, 3.8) is 0 Å². The van der Waals surface area contributed by atoms with Crippen molar-refractivity contribution in [2.75, 3.05) is 20.8 Å². The summed E-state index contributed by atoms with van der Waals surface area (Å²) in [6.07, 6.45) is 1.53. The molecule has 138 valence electrons. The highest BCUT2D eigenvalue weighted by atomic mass is 16.5. The van der Waals surface area contributed by atoms with Crippen LogP contribution in [0, 0.1) is 0 Å². The molecule has 0 radical (unpaired) electrons. The Bertz CT molecular complexity index is 755. The highest BCUT2D eigenvalue weighted by Gasteiger charge is 2.05. The summed E-state index contributed by atoms with van der Waals surface area (Å²) in [7, 11) is 3.13. The predicted octanol–water partition coefficient (Wildman–Crippen LogP) is 3.36. The molecule has 0 aliphatic carbocycles. The Hall–Kier alpha value is -3.02. The van der Waals surface area contributed by atoms with Gasteiger partial charge in [0.1, 0.15) is 5.75 Å². The van der Waals surface area contributed by atoms with Crippen molar-refractivity contribution in [2.45, 2.75) is 19.8 Å². The van der Waals surface area contributed by atoms with E-state index in [1.54, 1.807) is 26.4 Å². The van der Waals surface area contributed by atoms with Gasteiger partial charge in [-0.15, -0.1) is 0 Å². The first-order valence-corrected chi connectivity index (χ1v) is 8.30. The zero-order valence-corrected chi connectivity index (χ0v) is 15.5. The highest BCUT2D eigenvalue weighted by molar-refractivity contribution is 5.83. The molecule has 0 aliphatic rings. The van der Waals surface area contributed by atoms with E-state index < -0.39 is 0 Å². The summed E-state index contributed by atoms with van der Waals surface area (Å²) in [6.45, 7) is 4.14. The predicted molar refractivity (Wildman–Crippen MR) is 101 cm³/mol. The summed E-state index contributed by atoms with van der Waals surface area (Å²) >= 11 is 0. The van der Waals surface area contributed by atoms with Crippen molar-refractivity contribution in [2.24, 2.45) is 5.10 Å². The van der Waals surface area contributed by atoms with E-state index in [1.165, 1.54) is 11.8 Å². The molecule has 0 atom stereocenters. The smallest absolute Gasteiger partial charge is 0.277 e. The minimum Gasteiger partial charge on any atom is -0.493 e. The van der Waals surface area contributed by atoms with E-state index in [0.29, 0.717) is 23.2 Å². The number of ether oxygens (including phenoxy) is 3. The molecule has 1 N–H and O–H groups in total. The Morgan fingerprint density at radius 1 is 1.08 bits per heavy atom. The van der Waals surface area contributed by atoms with Crippen molar-refractivity contribution in [1.29, 1.82) is 0 Å². The lowest BCUT2D eigenvalue weighted by Crippen LogP contribution is -2.24. The average Bonchev–Trinajstić information content (AvgIpc) is 2.66. The maximum absolute atomic E-state index is 11.8. The van der Waals surface area contributed by atoms with Crippen molar-refractivity contribution in [3.8, 4) is 17.2 Å². The van der Waals surface area contributed by atoms with Gasteiger partial charge >= 0.3 is 0 Å². The molecule has 0 saturated heterocycles. The van der Waals surface area contributed by atoms with Gasteiger partial charge in [-0.3, -0.25) is 4.79 Å². The van der Waals surface area contributed by atoms with E-state index in [2.05, 4.69) is 24.4 Å². The van der Waals surface area contributed by atoms with Gasteiger partial charge in [-0.25, -0.2) is 5.43 Å². The lowest BCUT2D eigenvalue weighted by atomic mass is 10.0. The second-order valence-corrected chi connectivity index (χ2v) is 5.92. The van der Waals surface area contributed by atoms with Crippen LogP contribution in [0.4, 0.5) is 0 Å². The molecule has 2 aromatic carbocycles. The van der Waals surface area contributed by atoms with Crippen LogP contribution in [0.1, 0.15) is 30.9 Å². The van der Waals surface area contributed by atoms with Gasteiger partial charge in [0.2, 0.25) is 0 Å². The van der Waals surface area contributed by atoms with Crippen LogP contribution < -0.4 is 19.6 Å². The molecule has 6 nitrogen and oxygen atoms in total. The molecule has 0 unspecified atom stereocenters. The lowest BCUT2D eigenvalue weighted by Gasteiger charge is -2.08. The van der Waals surface area contributed by atoms with Gasteiger partial charge in [-0.2, -0.15) is 5.10 Å². The van der Waals surface area contributed by atoms with Crippen LogP contribution in [0.15, 0.2) is 47.6 Å². The highest BCUT2D eigenvalue weighted by Crippen LogP contribution is 2.26. The maximum atomic E-state index is 11.8. The molecule has 2 aromatic rings. The van der Waals surface area contributed by atoms with Crippen LogP contribution in [-0.4, -0.2) is 32.9 Å². The SMILES string of the molecule is COc1ccc(C=NNC(=O)COc2ccc(C(C)C)cc2)cc1OC. The van der Waals surface area contributed by atoms with Crippen molar-refractivity contribution >= 4 is 12.1 Å². The van der Waals surface area contributed by atoms with Gasteiger partial charge in [-0.1, -0.05) is 26.0 Å². The molecule has 6 heteroatoms. The van der Waals surface area contributed by atoms with Gasteiger partial charge < -0.3 is 14.2 Å². The number of hydrogen-bond acceptors (Lipinski definition) is 5. The summed E-state index contributed by atoms with van der Waals surface area (Å²) in [5.74, 6) is 1.99. The molecule has 0 spiro atoms. The Labute approximate surface area is 153 Å². The van der Waals surface area contributed by atoms with Crippen LogP contribution in [0.2, 0.25) is 0 Å². The number of carbonyl (C=O) groups excluding carboxylic acids is 1. The largest absolute Gasteiger partial charge is 0.493 e. The summed E-state index contributed by atoms with van der Waals surface area (Å²) in [5.41, 5.74) is 4.43. The minimum atomic E-state index is -0.338. The molecule has 0 aromatic heterocycles. The first kappa shape index (κ1) is 19.3. The molecule has 1 amide bonds. The third-order valence-electron chi connectivity index (χ3n) is 3.73.